The fourth-order valence-corrected chi connectivity index (χ4v) is 3.66. The number of hydrogen-bond acceptors (Lipinski definition) is 3. The maximum atomic E-state index is 12.3. The SMILES string of the molecule is CCN1CCCC1CN1C(=O)CNC1c1ccccc1C. The first kappa shape index (κ1) is 14.5. The molecule has 0 aromatic heterocycles. The lowest BCUT2D eigenvalue weighted by atomic mass is 10.1. The highest BCUT2D eigenvalue weighted by molar-refractivity contribution is 5.81. The van der Waals surface area contributed by atoms with Crippen LogP contribution in [0.4, 0.5) is 0 Å². The van der Waals surface area contributed by atoms with Crippen LogP contribution in [0.3, 0.4) is 0 Å². The second-order valence-electron chi connectivity index (χ2n) is 6.11. The molecule has 2 aliphatic heterocycles. The van der Waals surface area contributed by atoms with E-state index in [9.17, 15) is 4.79 Å². The van der Waals surface area contributed by atoms with Crippen molar-refractivity contribution >= 4 is 5.91 Å². The minimum absolute atomic E-state index is 0.0398. The number of carbonyl (C=O) groups excluding carboxylic acids is 1. The summed E-state index contributed by atoms with van der Waals surface area (Å²) in [5.41, 5.74) is 2.47. The molecule has 2 fully saturated rings. The Balaban J connectivity index is 1.78. The van der Waals surface area contributed by atoms with Crippen molar-refractivity contribution in [2.24, 2.45) is 0 Å². The standard InChI is InChI=1S/C17H25N3O/c1-3-19-10-6-8-14(19)12-20-16(21)11-18-17(20)15-9-5-4-7-13(15)2/h4-5,7,9,14,17-18H,3,6,8,10-12H2,1-2H3. The topological polar surface area (TPSA) is 35.6 Å². The van der Waals surface area contributed by atoms with E-state index >= 15 is 0 Å². The summed E-state index contributed by atoms with van der Waals surface area (Å²) >= 11 is 0. The second kappa shape index (κ2) is 6.16. The van der Waals surface area contributed by atoms with Crippen LogP contribution < -0.4 is 5.32 Å². The van der Waals surface area contributed by atoms with E-state index in [0.717, 1.165) is 13.1 Å². The van der Waals surface area contributed by atoms with Crippen molar-refractivity contribution in [3.8, 4) is 0 Å². The zero-order valence-corrected chi connectivity index (χ0v) is 13.0. The highest BCUT2D eigenvalue weighted by atomic mass is 16.2. The van der Waals surface area contributed by atoms with Crippen molar-refractivity contribution < 1.29 is 4.79 Å². The zero-order chi connectivity index (χ0) is 14.8. The van der Waals surface area contributed by atoms with Crippen LogP contribution in [0.25, 0.3) is 0 Å². The number of nitrogens with zero attached hydrogens (tertiary/aromatic N) is 2. The van der Waals surface area contributed by atoms with Gasteiger partial charge in [-0.05, 0) is 44.0 Å². The molecule has 21 heavy (non-hydrogen) atoms. The molecule has 1 aromatic rings. The van der Waals surface area contributed by atoms with Gasteiger partial charge in [0.25, 0.3) is 0 Å². The molecule has 2 unspecified atom stereocenters. The maximum Gasteiger partial charge on any atom is 0.238 e. The largest absolute Gasteiger partial charge is 0.320 e. The Morgan fingerprint density at radius 1 is 1.33 bits per heavy atom. The molecule has 0 radical (unpaired) electrons. The molecule has 0 saturated carbocycles. The summed E-state index contributed by atoms with van der Waals surface area (Å²) in [6, 6.07) is 8.87. The van der Waals surface area contributed by atoms with Gasteiger partial charge in [-0.25, -0.2) is 0 Å². The van der Waals surface area contributed by atoms with E-state index in [1.165, 1.54) is 30.5 Å². The molecule has 0 spiro atoms. The Morgan fingerprint density at radius 3 is 2.90 bits per heavy atom. The number of nitrogens with one attached hydrogen (secondary N) is 1. The van der Waals surface area contributed by atoms with E-state index in [2.05, 4.69) is 48.3 Å². The van der Waals surface area contributed by atoms with Gasteiger partial charge < -0.3 is 4.90 Å². The molecule has 1 N–H and O–H groups in total. The molecule has 2 saturated heterocycles. The van der Waals surface area contributed by atoms with E-state index in [0.29, 0.717) is 12.6 Å². The van der Waals surface area contributed by atoms with Crippen molar-refractivity contribution in [2.45, 2.75) is 38.9 Å². The van der Waals surface area contributed by atoms with Crippen molar-refractivity contribution in [3.63, 3.8) is 0 Å². The monoisotopic (exact) mass is 287 g/mol. The number of likely N-dealkylation sites (N-methyl/N-ethyl adjacent to an activating group) is 1. The fraction of sp³-hybridized carbons (Fsp3) is 0.588. The van der Waals surface area contributed by atoms with E-state index in [-0.39, 0.29) is 12.1 Å². The zero-order valence-electron chi connectivity index (χ0n) is 13.0. The third-order valence-corrected chi connectivity index (χ3v) is 4.87. The van der Waals surface area contributed by atoms with Gasteiger partial charge in [-0.1, -0.05) is 31.2 Å². The minimum atomic E-state index is 0.0398. The summed E-state index contributed by atoms with van der Waals surface area (Å²) in [4.78, 5) is 16.8. The molecular weight excluding hydrogens is 262 g/mol. The lowest BCUT2D eigenvalue weighted by Crippen LogP contribution is -2.42. The number of aryl methyl sites for hydroxylation is 1. The molecule has 114 valence electrons. The van der Waals surface area contributed by atoms with Crippen molar-refractivity contribution in [2.75, 3.05) is 26.2 Å². The Labute approximate surface area is 127 Å². The van der Waals surface area contributed by atoms with Crippen molar-refractivity contribution in [1.82, 2.24) is 15.1 Å². The number of carbonyl (C=O) groups is 1. The van der Waals surface area contributed by atoms with Crippen molar-refractivity contribution in [3.05, 3.63) is 35.4 Å². The lowest BCUT2D eigenvalue weighted by Gasteiger charge is -2.31. The number of rotatable bonds is 4. The van der Waals surface area contributed by atoms with Gasteiger partial charge in [0, 0.05) is 12.6 Å². The summed E-state index contributed by atoms with van der Waals surface area (Å²) in [5, 5.41) is 3.38. The predicted octanol–water partition coefficient (Wildman–Crippen LogP) is 1.91. The van der Waals surface area contributed by atoms with Crippen LogP contribution in [0.5, 0.6) is 0 Å². The first-order valence-corrected chi connectivity index (χ1v) is 8.03. The normalized spacial score (nSPS) is 26.8. The van der Waals surface area contributed by atoms with Gasteiger partial charge in [0.1, 0.15) is 6.17 Å². The molecule has 2 atom stereocenters. The first-order chi connectivity index (χ1) is 10.2. The molecule has 2 aliphatic rings. The lowest BCUT2D eigenvalue weighted by molar-refractivity contribution is -0.128. The molecule has 0 bridgehead atoms. The smallest absolute Gasteiger partial charge is 0.238 e. The van der Waals surface area contributed by atoms with Gasteiger partial charge in [-0.3, -0.25) is 15.0 Å². The first-order valence-electron chi connectivity index (χ1n) is 8.03. The Bertz CT molecular complexity index is 517. The summed E-state index contributed by atoms with van der Waals surface area (Å²) in [5.74, 6) is 0.228. The molecular formula is C17H25N3O. The predicted molar refractivity (Wildman–Crippen MR) is 83.9 cm³/mol. The van der Waals surface area contributed by atoms with E-state index in [4.69, 9.17) is 0 Å². The molecule has 2 heterocycles. The maximum absolute atomic E-state index is 12.3. The molecule has 1 aromatic carbocycles. The summed E-state index contributed by atoms with van der Waals surface area (Å²) in [7, 11) is 0. The van der Waals surface area contributed by atoms with Crippen LogP contribution in [0, 0.1) is 6.92 Å². The molecule has 4 nitrogen and oxygen atoms in total. The average Bonchev–Trinajstić information content (AvgIpc) is 3.08. The third kappa shape index (κ3) is 2.83. The second-order valence-corrected chi connectivity index (χ2v) is 6.11. The summed E-state index contributed by atoms with van der Waals surface area (Å²) < 4.78 is 0. The molecule has 4 heteroatoms. The number of benzene rings is 1. The summed E-state index contributed by atoms with van der Waals surface area (Å²) in [6.45, 7) is 7.88. The van der Waals surface area contributed by atoms with Crippen LogP contribution in [0.1, 0.15) is 37.1 Å². The Kier molecular flexibility index (Phi) is 4.27. The molecule has 1 amide bonds. The van der Waals surface area contributed by atoms with Crippen LogP contribution in [-0.2, 0) is 4.79 Å². The minimum Gasteiger partial charge on any atom is -0.320 e. The van der Waals surface area contributed by atoms with Crippen molar-refractivity contribution in [1.29, 1.82) is 0 Å². The third-order valence-electron chi connectivity index (χ3n) is 4.87. The highest BCUT2D eigenvalue weighted by Crippen LogP contribution is 2.27. The Morgan fingerprint density at radius 2 is 2.14 bits per heavy atom. The van der Waals surface area contributed by atoms with Gasteiger partial charge in [-0.15, -0.1) is 0 Å². The van der Waals surface area contributed by atoms with Crippen LogP contribution >= 0.6 is 0 Å². The number of likely N-dealkylation sites (tertiary alicyclic amines) is 1. The van der Waals surface area contributed by atoms with Gasteiger partial charge in [0.05, 0.1) is 6.54 Å². The number of amides is 1. The Hall–Kier alpha value is -1.39. The van der Waals surface area contributed by atoms with Gasteiger partial charge in [0.15, 0.2) is 0 Å². The quantitative estimate of drug-likeness (QED) is 0.919. The van der Waals surface area contributed by atoms with Gasteiger partial charge in [-0.2, -0.15) is 0 Å². The van der Waals surface area contributed by atoms with Gasteiger partial charge in [0.2, 0.25) is 5.91 Å². The average molecular weight is 287 g/mol. The highest BCUT2D eigenvalue weighted by Gasteiger charge is 2.35. The molecule has 3 rings (SSSR count). The van der Waals surface area contributed by atoms with Crippen LogP contribution in [0.15, 0.2) is 24.3 Å². The van der Waals surface area contributed by atoms with E-state index in [1.807, 2.05) is 4.90 Å². The van der Waals surface area contributed by atoms with E-state index < -0.39 is 0 Å². The summed E-state index contributed by atoms with van der Waals surface area (Å²) in [6.07, 6.45) is 2.50. The van der Waals surface area contributed by atoms with Crippen LogP contribution in [-0.4, -0.2) is 47.9 Å². The van der Waals surface area contributed by atoms with Gasteiger partial charge >= 0.3 is 0 Å². The molecule has 0 aliphatic carbocycles. The van der Waals surface area contributed by atoms with E-state index in [1.54, 1.807) is 0 Å². The fourth-order valence-electron chi connectivity index (χ4n) is 3.66. The number of hydrogen-bond donors (Lipinski definition) is 1. The van der Waals surface area contributed by atoms with Crippen LogP contribution in [0.2, 0.25) is 0 Å².